The molecule has 3 aromatic carbocycles. The monoisotopic (exact) mass is 583 g/mol. The van der Waals surface area contributed by atoms with Crippen LogP contribution in [0.3, 0.4) is 0 Å². The number of halogens is 3. The summed E-state index contributed by atoms with van der Waals surface area (Å²) in [6.07, 6.45) is 3.08. The summed E-state index contributed by atoms with van der Waals surface area (Å²) < 4.78 is 6.08. The normalized spacial score (nSPS) is 11.6. The molecule has 0 aliphatic carbocycles. The quantitative estimate of drug-likeness (QED) is 0.226. The molecule has 0 fully saturated rings. The largest absolute Gasteiger partial charge is 0.487 e. The van der Waals surface area contributed by atoms with Crippen LogP contribution in [0.1, 0.15) is 23.7 Å². The molecule has 2 amide bonds. The number of para-hydroxylation sites is 1. The third-order valence-corrected chi connectivity index (χ3v) is 6.78. The van der Waals surface area contributed by atoms with Gasteiger partial charge < -0.3 is 15.0 Å². The number of nitrogens with one attached hydrogen (secondary N) is 1. The van der Waals surface area contributed by atoms with Gasteiger partial charge >= 0.3 is 0 Å². The lowest BCUT2D eigenvalue weighted by Crippen LogP contribution is -2.45. The number of hydrogen-bond donors (Lipinski definition) is 1. The molecular formula is C30H28Cl3N3O3. The molecule has 0 saturated heterocycles. The zero-order valence-corrected chi connectivity index (χ0v) is 24.0. The van der Waals surface area contributed by atoms with Crippen molar-refractivity contribution in [3.8, 4) is 5.75 Å². The minimum atomic E-state index is -0.788. The number of fused-ring (bicyclic) bond motifs is 1. The Bertz CT molecular complexity index is 1510. The van der Waals surface area contributed by atoms with Gasteiger partial charge in [-0.15, -0.1) is 12.4 Å². The number of carbonyl (C=O) groups excluding carboxylic acids is 2. The van der Waals surface area contributed by atoms with Gasteiger partial charge in [0.15, 0.2) is 0 Å². The van der Waals surface area contributed by atoms with Gasteiger partial charge in [0, 0.05) is 34.8 Å². The number of likely N-dealkylation sites (N-methyl/N-ethyl adjacent to an activating group) is 1. The number of nitrogens with zero attached hydrogens (tertiary/aromatic N) is 2. The number of rotatable bonds is 8. The lowest BCUT2D eigenvalue weighted by Gasteiger charge is -2.24. The van der Waals surface area contributed by atoms with E-state index in [1.165, 1.54) is 11.0 Å². The van der Waals surface area contributed by atoms with E-state index < -0.39 is 6.04 Å². The second-order valence-electron chi connectivity index (χ2n) is 8.80. The van der Waals surface area contributed by atoms with Crippen molar-refractivity contribution in [2.75, 3.05) is 11.9 Å². The van der Waals surface area contributed by atoms with Crippen molar-refractivity contribution < 1.29 is 14.3 Å². The van der Waals surface area contributed by atoms with Crippen LogP contribution in [-0.2, 0) is 16.2 Å². The Morgan fingerprint density at radius 2 is 1.77 bits per heavy atom. The Hall–Kier alpha value is -3.58. The van der Waals surface area contributed by atoms with Crippen molar-refractivity contribution >= 4 is 70.1 Å². The first kappa shape index (κ1) is 30.0. The van der Waals surface area contributed by atoms with Gasteiger partial charge in [-0.1, -0.05) is 71.7 Å². The first-order valence-corrected chi connectivity index (χ1v) is 12.8. The molecule has 4 aromatic rings. The summed E-state index contributed by atoms with van der Waals surface area (Å²) in [4.78, 5) is 31.5. The molecule has 9 heteroatoms. The number of anilines is 1. The Labute approximate surface area is 244 Å². The van der Waals surface area contributed by atoms with Crippen LogP contribution in [0.2, 0.25) is 10.0 Å². The van der Waals surface area contributed by atoms with Crippen molar-refractivity contribution in [3.63, 3.8) is 0 Å². The maximum Gasteiger partial charge on any atom is 0.249 e. The highest BCUT2D eigenvalue weighted by Crippen LogP contribution is 2.35. The van der Waals surface area contributed by atoms with Crippen LogP contribution in [0.5, 0.6) is 5.75 Å². The molecule has 202 valence electrons. The SMILES string of the molecule is Cc1ccc2cccc(OCc3c(Cl)ccc(N(C)C(=O)C(C)NC(=O)/C=C/c4ccccc4)c3Cl)c2n1.Cl. The van der Waals surface area contributed by atoms with E-state index in [-0.39, 0.29) is 30.8 Å². The number of aryl methyl sites for hydroxylation is 1. The third-order valence-electron chi connectivity index (χ3n) is 6.01. The molecule has 1 aromatic heterocycles. The third kappa shape index (κ3) is 7.30. The Balaban J connectivity index is 0.00000420. The lowest BCUT2D eigenvalue weighted by molar-refractivity contribution is -0.124. The molecule has 0 bridgehead atoms. The number of hydrogen-bond acceptors (Lipinski definition) is 4. The lowest BCUT2D eigenvalue weighted by atomic mass is 10.1. The molecule has 4 rings (SSSR count). The highest BCUT2D eigenvalue weighted by molar-refractivity contribution is 6.38. The molecule has 0 aliphatic rings. The fraction of sp³-hybridized carbons (Fsp3) is 0.167. The standard InChI is InChI=1S/C30H27Cl2N3O3.ClH/c1-19-12-14-22-10-7-11-26(29(22)33-19)38-18-23-24(31)15-16-25(28(23)32)35(3)30(37)20(2)34-27(36)17-13-21-8-5-4-6-9-21;/h4-17,20H,18H2,1-3H3,(H,34,36);1H/b17-13+;. The van der Waals surface area contributed by atoms with Crippen LogP contribution >= 0.6 is 35.6 Å². The van der Waals surface area contributed by atoms with Crippen LogP contribution < -0.4 is 15.0 Å². The molecule has 0 saturated carbocycles. The van der Waals surface area contributed by atoms with Gasteiger partial charge in [-0.2, -0.15) is 0 Å². The first-order chi connectivity index (χ1) is 18.2. The number of carbonyl (C=O) groups is 2. The van der Waals surface area contributed by atoms with Gasteiger partial charge in [-0.05, 0) is 49.8 Å². The smallest absolute Gasteiger partial charge is 0.249 e. The van der Waals surface area contributed by atoms with E-state index in [0.29, 0.717) is 27.0 Å². The Morgan fingerprint density at radius 1 is 1.03 bits per heavy atom. The predicted molar refractivity (Wildman–Crippen MR) is 161 cm³/mol. The number of pyridine rings is 1. The summed E-state index contributed by atoms with van der Waals surface area (Å²) >= 11 is 13.2. The predicted octanol–water partition coefficient (Wildman–Crippen LogP) is 7.03. The Kier molecular flexibility index (Phi) is 10.4. The molecule has 1 N–H and O–H groups in total. The fourth-order valence-corrected chi connectivity index (χ4v) is 4.54. The fourth-order valence-electron chi connectivity index (χ4n) is 3.93. The van der Waals surface area contributed by atoms with Crippen molar-refractivity contribution in [1.82, 2.24) is 10.3 Å². The molecular weight excluding hydrogens is 557 g/mol. The second-order valence-corrected chi connectivity index (χ2v) is 9.58. The zero-order valence-electron chi connectivity index (χ0n) is 21.7. The maximum atomic E-state index is 13.1. The van der Waals surface area contributed by atoms with Crippen molar-refractivity contribution in [2.45, 2.75) is 26.5 Å². The van der Waals surface area contributed by atoms with Gasteiger partial charge in [0.2, 0.25) is 11.8 Å². The molecule has 0 spiro atoms. The molecule has 0 aliphatic heterocycles. The van der Waals surface area contributed by atoms with Gasteiger partial charge in [-0.25, -0.2) is 4.98 Å². The average Bonchev–Trinajstić information content (AvgIpc) is 2.91. The van der Waals surface area contributed by atoms with Gasteiger partial charge in [-0.3, -0.25) is 9.59 Å². The summed E-state index contributed by atoms with van der Waals surface area (Å²) in [6, 6.07) is 21.6. The van der Waals surface area contributed by atoms with Crippen LogP contribution in [0.4, 0.5) is 5.69 Å². The van der Waals surface area contributed by atoms with Crippen LogP contribution in [-0.4, -0.2) is 29.9 Å². The molecule has 1 heterocycles. The van der Waals surface area contributed by atoms with Crippen molar-refractivity contribution in [3.05, 3.63) is 106 Å². The summed E-state index contributed by atoms with van der Waals surface area (Å²) in [6.45, 7) is 3.62. The molecule has 1 unspecified atom stereocenters. The number of benzene rings is 3. The maximum absolute atomic E-state index is 13.1. The highest BCUT2D eigenvalue weighted by atomic mass is 35.5. The van der Waals surface area contributed by atoms with Crippen molar-refractivity contribution in [2.24, 2.45) is 0 Å². The first-order valence-electron chi connectivity index (χ1n) is 12.0. The summed E-state index contributed by atoms with van der Waals surface area (Å²) in [5.41, 5.74) is 3.50. The van der Waals surface area contributed by atoms with Crippen LogP contribution in [0.25, 0.3) is 17.0 Å². The summed E-state index contributed by atoms with van der Waals surface area (Å²) in [5.74, 6) is -0.109. The van der Waals surface area contributed by atoms with Crippen molar-refractivity contribution in [1.29, 1.82) is 0 Å². The van der Waals surface area contributed by atoms with Gasteiger partial charge in [0.1, 0.15) is 23.9 Å². The number of aromatic nitrogens is 1. The average molecular weight is 585 g/mol. The Morgan fingerprint density at radius 3 is 2.51 bits per heavy atom. The van der Waals surface area contributed by atoms with Gasteiger partial charge in [0.25, 0.3) is 0 Å². The van der Waals surface area contributed by atoms with Crippen LogP contribution in [0.15, 0.2) is 78.9 Å². The van der Waals surface area contributed by atoms with E-state index >= 15 is 0 Å². The minimum absolute atomic E-state index is 0. The van der Waals surface area contributed by atoms with E-state index in [2.05, 4.69) is 10.3 Å². The summed E-state index contributed by atoms with van der Waals surface area (Å²) in [7, 11) is 1.60. The van der Waals surface area contributed by atoms with Gasteiger partial charge in [0.05, 0.1) is 10.7 Å². The molecule has 0 radical (unpaired) electrons. The molecule has 6 nitrogen and oxygen atoms in total. The topological polar surface area (TPSA) is 71.5 Å². The zero-order chi connectivity index (χ0) is 27.2. The molecule has 1 atom stereocenters. The minimum Gasteiger partial charge on any atom is -0.487 e. The van der Waals surface area contributed by atoms with E-state index in [4.69, 9.17) is 27.9 Å². The van der Waals surface area contributed by atoms with E-state index in [9.17, 15) is 9.59 Å². The van der Waals surface area contributed by atoms with E-state index in [0.717, 1.165) is 22.2 Å². The number of amides is 2. The van der Waals surface area contributed by atoms with E-state index in [1.807, 2.05) is 67.6 Å². The van der Waals surface area contributed by atoms with Crippen LogP contribution in [0, 0.1) is 6.92 Å². The number of ether oxygens (including phenoxy) is 1. The second kappa shape index (κ2) is 13.5. The molecule has 39 heavy (non-hydrogen) atoms. The van der Waals surface area contributed by atoms with E-state index in [1.54, 1.807) is 32.2 Å². The highest BCUT2D eigenvalue weighted by Gasteiger charge is 2.23. The summed E-state index contributed by atoms with van der Waals surface area (Å²) in [5, 5.41) is 4.36.